The van der Waals surface area contributed by atoms with Gasteiger partial charge in [-0.3, -0.25) is 9.80 Å². The number of methoxy groups -OCH3 is 1. The quantitative estimate of drug-likeness (QED) is 0.508. The first-order valence-corrected chi connectivity index (χ1v) is 7.56. The van der Waals surface area contributed by atoms with Crippen LogP contribution in [0.4, 0.5) is 0 Å². The Balaban J connectivity index is 2.14. The van der Waals surface area contributed by atoms with Crippen molar-refractivity contribution in [3.63, 3.8) is 0 Å². The van der Waals surface area contributed by atoms with Crippen molar-refractivity contribution in [2.75, 3.05) is 20.3 Å². The van der Waals surface area contributed by atoms with E-state index in [0.717, 1.165) is 5.01 Å². The Morgan fingerprint density at radius 3 is 2.67 bits per heavy atom. The maximum Gasteiger partial charge on any atom is 0.359 e. The molecule has 1 aliphatic heterocycles. The molecule has 8 heteroatoms. The minimum Gasteiger partial charge on any atom is -0.497 e. The van der Waals surface area contributed by atoms with Crippen LogP contribution in [0.15, 0.2) is 24.3 Å². The number of ether oxygens (including phenoxy) is 2. The molecule has 1 aliphatic rings. The van der Waals surface area contributed by atoms with Gasteiger partial charge in [0.1, 0.15) is 11.4 Å². The Bertz CT molecular complexity index is 782. The SMILES string of the molecule is CCOC(=O)c1nn(-c2ccc(OC)cc2)c2c1CCN(N)C2=O. The summed E-state index contributed by atoms with van der Waals surface area (Å²) in [6.45, 7) is 2.28. The fourth-order valence-corrected chi connectivity index (χ4v) is 2.65. The third-order valence-corrected chi connectivity index (χ3v) is 3.84. The molecule has 126 valence electrons. The van der Waals surface area contributed by atoms with Crippen molar-refractivity contribution in [2.24, 2.45) is 5.84 Å². The lowest BCUT2D eigenvalue weighted by Gasteiger charge is -2.22. The molecule has 0 spiro atoms. The third kappa shape index (κ3) is 2.61. The van der Waals surface area contributed by atoms with Crippen LogP contribution in [0.5, 0.6) is 5.75 Å². The van der Waals surface area contributed by atoms with E-state index in [1.807, 2.05) is 0 Å². The minimum atomic E-state index is -0.542. The van der Waals surface area contributed by atoms with Crippen LogP contribution in [0, 0.1) is 0 Å². The third-order valence-electron chi connectivity index (χ3n) is 3.84. The normalized spacial score (nSPS) is 13.6. The van der Waals surface area contributed by atoms with E-state index in [4.69, 9.17) is 15.3 Å². The zero-order valence-electron chi connectivity index (χ0n) is 13.5. The number of esters is 1. The summed E-state index contributed by atoms with van der Waals surface area (Å²) in [5.41, 5.74) is 1.64. The summed E-state index contributed by atoms with van der Waals surface area (Å²) in [5.74, 6) is 5.49. The molecule has 0 unspecified atom stereocenters. The molecule has 0 radical (unpaired) electrons. The number of carbonyl (C=O) groups is 2. The van der Waals surface area contributed by atoms with Crippen molar-refractivity contribution in [1.82, 2.24) is 14.8 Å². The minimum absolute atomic E-state index is 0.157. The van der Waals surface area contributed by atoms with E-state index in [1.54, 1.807) is 38.3 Å². The maximum atomic E-state index is 12.5. The molecule has 0 bridgehead atoms. The molecule has 2 N–H and O–H groups in total. The highest BCUT2D eigenvalue weighted by molar-refractivity contribution is 6.00. The van der Waals surface area contributed by atoms with Crippen LogP contribution < -0.4 is 10.6 Å². The van der Waals surface area contributed by atoms with Crippen LogP contribution in [-0.4, -0.2) is 46.9 Å². The van der Waals surface area contributed by atoms with Crippen LogP contribution in [0.2, 0.25) is 0 Å². The maximum absolute atomic E-state index is 12.5. The van der Waals surface area contributed by atoms with Crippen molar-refractivity contribution in [1.29, 1.82) is 0 Å². The fraction of sp³-hybridized carbons (Fsp3) is 0.312. The average Bonchev–Trinajstić information content (AvgIpc) is 2.99. The van der Waals surface area contributed by atoms with Gasteiger partial charge in [0.25, 0.3) is 5.91 Å². The Kier molecular flexibility index (Phi) is 4.22. The van der Waals surface area contributed by atoms with Crippen LogP contribution in [0.3, 0.4) is 0 Å². The molecule has 1 amide bonds. The summed E-state index contributed by atoms with van der Waals surface area (Å²) in [6, 6.07) is 7.01. The number of nitrogens with zero attached hydrogens (tertiary/aromatic N) is 3. The average molecular weight is 330 g/mol. The monoisotopic (exact) mass is 330 g/mol. The number of fused-ring (bicyclic) bond motifs is 1. The zero-order valence-corrected chi connectivity index (χ0v) is 13.5. The first-order valence-electron chi connectivity index (χ1n) is 7.56. The molecule has 3 rings (SSSR count). The summed E-state index contributed by atoms with van der Waals surface area (Å²) in [7, 11) is 1.57. The van der Waals surface area contributed by atoms with Gasteiger partial charge in [-0.1, -0.05) is 0 Å². The second-order valence-electron chi connectivity index (χ2n) is 5.25. The lowest BCUT2D eigenvalue weighted by molar-refractivity contribution is 0.0517. The summed E-state index contributed by atoms with van der Waals surface area (Å²) in [5, 5.41) is 5.44. The highest BCUT2D eigenvalue weighted by atomic mass is 16.5. The molecule has 1 aromatic carbocycles. The number of rotatable bonds is 4. The number of aromatic nitrogens is 2. The highest BCUT2D eigenvalue weighted by Gasteiger charge is 2.33. The van der Waals surface area contributed by atoms with Crippen LogP contribution >= 0.6 is 0 Å². The second kappa shape index (κ2) is 6.32. The van der Waals surface area contributed by atoms with E-state index >= 15 is 0 Å². The van der Waals surface area contributed by atoms with Gasteiger partial charge in [0.05, 0.1) is 19.4 Å². The Hall–Kier alpha value is -2.87. The van der Waals surface area contributed by atoms with Gasteiger partial charge in [-0.15, -0.1) is 0 Å². The van der Waals surface area contributed by atoms with Crippen molar-refractivity contribution < 1.29 is 19.1 Å². The predicted octanol–water partition coefficient (Wildman–Crippen LogP) is 0.930. The van der Waals surface area contributed by atoms with Gasteiger partial charge in [0.15, 0.2) is 5.69 Å². The largest absolute Gasteiger partial charge is 0.497 e. The van der Waals surface area contributed by atoms with E-state index in [9.17, 15) is 9.59 Å². The van der Waals surface area contributed by atoms with Crippen molar-refractivity contribution in [3.8, 4) is 11.4 Å². The van der Waals surface area contributed by atoms with E-state index in [0.29, 0.717) is 30.0 Å². The molecule has 0 aliphatic carbocycles. The highest BCUT2D eigenvalue weighted by Crippen LogP contribution is 2.25. The van der Waals surface area contributed by atoms with E-state index < -0.39 is 5.97 Å². The van der Waals surface area contributed by atoms with Crippen molar-refractivity contribution in [3.05, 3.63) is 41.2 Å². The number of hydrazine groups is 1. The number of hydrogen-bond acceptors (Lipinski definition) is 6. The molecular weight excluding hydrogens is 312 g/mol. The Labute approximate surface area is 138 Å². The van der Waals surface area contributed by atoms with Gasteiger partial charge in [0, 0.05) is 12.1 Å². The number of amides is 1. The summed E-state index contributed by atoms with van der Waals surface area (Å²) >= 11 is 0. The number of carbonyl (C=O) groups excluding carboxylic acids is 2. The van der Waals surface area contributed by atoms with Gasteiger partial charge in [0.2, 0.25) is 0 Å². The Morgan fingerprint density at radius 1 is 1.33 bits per heavy atom. The summed E-state index contributed by atoms with van der Waals surface area (Å²) in [4.78, 5) is 24.7. The van der Waals surface area contributed by atoms with Gasteiger partial charge in [-0.05, 0) is 37.6 Å². The smallest absolute Gasteiger partial charge is 0.359 e. The lowest BCUT2D eigenvalue weighted by atomic mass is 10.0. The molecule has 0 fully saturated rings. The number of hydrogen-bond donors (Lipinski definition) is 1. The van der Waals surface area contributed by atoms with Gasteiger partial charge < -0.3 is 9.47 Å². The van der Waals surface area contributed by atoms with Gasteiger partial charge in [-0.2, -0.15) is 5.10 Å². The molecule has 0 saturated carbocycles. The summed E-state index contributed by atoms with van der Waals surface area (Å²) in [6.07, 6.45) is 0.446. The first kappa shape index (κ1) is 16.0. The molecular formula is C16H18N4O4. The lowest BCUT2D eigenvalue weighted by Crippen LogP contribution is -2.43. The number of benzene rings is 1. The molecule has 0 saturated heterocycles. The molecule has 2 aromatic rings. The van der Waals surface area contributed by atoms with E-state index in [-0.39, 0.29) is 23.9 Å². The topological polar surface area (TPSA) is 99.7 Å². The van der Waals surface area contributed by atoms with Gasteiger partial charge >= 0.3 is 5.97 Å². The first-order chi connectivity index (χ1) is 11.6. The van der Waals surface area contributed by atoms with E-state index in [1.165, 1.54) is 4.68 Å². The molecule has 2 heterocycles. The van der Waals surface area contributed by atoms with Crippen molar-refractivity contribution >= 4 is 11.9 Å². The molecule has 8 nitrogen and oxygen atoms in total. The van der Waals surface area contributed by atoms with Crippen LogP contribution in [0.25, 0.3) is 5.69 Å². The molecule has 0 atom stereocenters. The standard InChI is InChI=1S/C16H18N4O4/c1-3-24-16(22)13-12-8-9-19(17)15(21)14(12)20(18-13)10-4-6-11(23-2)7-5-10/h4-7H,3,8-9,17H2,1-2H3. The molecule has 1 aromatic heterocycles. The van der Waals surface area contributed by atoms with Crippen molar-refractivity contribution in [2.45, 2.75) is 13.3 Å². The van der Waals surface area contributed by atoms with Crippen LogP contribution in [-0.2, 0) is 11.2 Å². The number of nitrogens with two attached hydrogens (primary N) is 1. The summed E-state index contributed by atoms with van der Waals surface area (Å²) < 4.78 is 11.6. The second-order valence-corrected chi connectivity index (χ2v) is 5.25. The Morgan fingerprint density at radius 2 is 2.04 bits per heavy atom. The van der Waals surface area contributed by atoms with E-state index in [2.05, 4.69) is 5.10 Å². The predicted molar refractivity (Wildman–Crippen MR) is 85.0 cm³/mol. The van der Waals surface area contributed by atoms with Crippen LogP contribution in [0.1, 0.15) is 33.5 Å². The zero-order chi connectivity index (χ0) is 17.3. The molecule has 24 heavy (non-hydrogen) atoms. The van der Waals surface area contributed by atoms with Gasteiger partial charge in [-0.25, -0.2) is 15.3 Å². The fourth-order valence-electron chi connectivity index (χ4n) is 2.65.